The second kappa shape index (κ2) is 5.69. The topological polar surface area (TPSA) is 49.5 Å². The number of hydrogen-bond acceptors (Lipinski definition) is 3. The van der Waals surface area contributed by atoms with Crippen LogP contribution >= 0.6 is 0 Å². The van der Waals surface area contributed by atoms with E-state index >= 15 is 0 Å². The number of nitrogens with zero attached hydrogens (tertiary/aromatic N) is 1. The third-order valence-electron chi connectivity index (χ3n) is 3.37. The normalized spacial score (nSPS) is 25.9. The molecule has 0 aliphatic carbocycles. The Morgan fingerprint density at radius 2 is 2.21 bits per heavy atom. The van der Waals surface area contributed by atoms with Gasteiger partial charge in [-0.1, -0.05) is 13.8 Å². The Hall–Kier alpha value is -0.120. The fraction of sp³-hybridized carbons (Fsp3) is 1.00. The van der Waals surface area contributed by atoms with Crippen LogP contribution in [0.15, 0.2) is 0 Å². The first-order valence-electron chi connectivity index (χ1n) is 5.70. The lowest BCUT2D eigenvalue weighted by atomic mass is 9.95. The van der Waals surface area contributed by atoms with E-state index in [0.717, 1.165) is 32.6 Å². The SMILES string of the molecule is CC(C)C(CN)CN1CCC(CO)C1. The summed E-state index contributed by atoms with van der Waals surface area (Å²) in [6.45, 7) is 8.87. The van der Waals surface area contributed by atoms with E-state index in [9.17, 15) is 0 Å². The average molecular weight is 200 g/mol. The largest absolute Gasteiger partial charge is 0.396 e. The molecule has 3 N–H and O–H groups in total. The fourth-order valence-electron chi connectivity index (χ4n) is 2.12. The molecule has 3 nitrogen and oxygen atoms in total. The molecule has 3 heteroatoms. The molecule has 84 valence electrons. The zero-order valence-electron chi connectivity index (χ0n) is 9.45. The maximum atomic E-state index is 9.03. The highest BCUT2D eigenvalue weighted by Gasteiger charge is 2.24. The Kier molecular flexibility index (Phi) is 4.85. The molecule has 1 heterocycles. The van der Waals surface area contributed by atoms with Gasteiger partial charge in [0.15, 0.2) is 0 Å². The van der Waals surface area contributed by atoms with Gasteiger partial charge < -0.3 is 15.7 Å². The van der Waals surface area contributed by atoms with E-state index in [-0.39, 0.29) is 0 Å². The predicted octanol–water partition coefficient (Wildman–Crippen LogP) is 0.531. The van der Waals surface area contributed by atoms with Crippen molar-refractivity contribution in [3.63, 3.8) is 0 Å². The molecule has 1 fully saturated rings. The molecule has 0 bridgehead atoms. The van der Waals surface area contributed by atoms with Gasteiger partial charge in [-0.3, -0.25) is 0 Å². The molecular weight excluding hydrogens is 176 g/mol. The molecule has 0 amide bonds. The van der Waals surface area contributed by atoms with Crippen LogP contribution < -0.4 is 5.73 Å². The molecule has 0 aromatic heterocycles. The van der Waals surface area contributed by atoms with Gasteiger partial charge in [-0.05, 0) is 37.3 Å². The Morgan fingerprint density at radius 3 is 2.64 bits per heavy atom. The lowest BCUT2D eigenvalue weighted by Gasteiger charge is -2.25. The van der Waals surface area contributed by atoms with E-state index in [1.54, 1.807) is 0 Å². The van der Waals surface area contributed by atoms with Crippen LogP contribution in [-0.4, -0.2) is 42.8 Å². The van der Waals surface area contributed by atoms with E-state index in [2.05, 4.69) is 18.7 Å². The van der Waals surface area contributed by atoms with Crippen molar-refractivity contribution >= 4 is 0 Å². The minimum atomic E-state index is 0.339. The first-order valence-corrected chi connectivity index (χ1v) is 5.70. The van der Waals surface area contributed by atoms with Crippen LogP contribution in [0.25, 0.3) is 0 Å². The molecular formula is C11H24N2O. The minimum absolute atomic E-state index is 0.339. The van der Waals surface area contributed by atoms with E-state index in [4.69, 9.17) is 10.8 Å². The van der Waals surface area contributed by atoms with Crippen molar-refractivity contribution in [2.24, 2.45) is 23.5 Å². The van der Waals surface area contributed by atoms with Crippen LogP contribution in [0, 0.1) is 17.8 Å². The smallest absolute Gasteiger partial charge is 0.0471 e. The Labute approximate surface area is 87.3 Å². The molecule has 0 aromatic rings. The van der Waals surface area contributed by atoms with Crippen molar-refractivity contribution < 1.29 is 5.11 Å². The van der Waals surface area contributed by atoms with E-state index in [0.29, 0.717) is 24.4 Å². The van der Waals surface area contributed by atoms with Crippen LogP contribution in [0.1, 0.15) is 20.3 Å². The van der Waals surface area contributed by atoms with Crippen LogP contribution in [0.5, 0.6) is 0 Å². The Balaban J connectivity index is 2.30. The summed E-state index contributed by atoms with van der Waals surface area (Å²) in [6, 6.07) is 0. The highest BCUT2D eigenvalue weighted by atomic mass is 16.3. The van der Waals surface area contributed by atoms with E-state index in [1.807, 2.05) is 0 Å². The van der Waals surface area contributed by atoms with Crippen molar-refractivity contribution in [1.29, 1.82) is 0 Å². The van der Waals surface area contributed by atoms with E-state index < -0.39 is 0 Å². The molecule has 2 unspecified atom stereocenters. The van der Waals surface area contributed by atoms with Crippen LogP contribution in [0.4, 0.5) is 0 Å². The number of rotatable bonds is 5. The van der Waals surface area contributed by atoms with Gasteiger partial charge in [-0.25, -0.2) is 0 Å². The maximum Gasteiger partial charge on any atom is 0.0471 e. The number of hydrogen-bond donors (Lipinski definition) is 2. The molecule has 0 radical (unpaired) electrons. The first-order chi connectivity index (χ1) is 6.67. The van der Waals surface area contributed by atoms with Gasteiger partial charge in [0.05, 0.1) is 0 Å². The molecule has 0 spiro atoms. The van der Waals surface area contributed by atoms with Gasteiger partial charge in [0.2, 0.25) is 0 Å². The van der Waals surface area contributed by atoms with Gasteiger partial charge in [0, 0.05) is 19.7 Å². The van der Waals surface area contributed by atoms with Crippen molar-refractivity contribution in [2.75, 3.05) is 32.8 Å². The summed E-state index contributed by atoms with van der Waals surface area (Å²) in [6.07, 6.45) is 1.14. The molecule has 1 aliphatic heterocycles. The lowest BCUT2D eigenvalue weighted by Crippen LogP contribution is -2.34. The number of likely N-dealkylation sites (tertiary alicyclic amines) is 1. The highest BCUT2D eigenvalue weighted by Crippen LogP contribution is 2.19. The second-order valence-corrected chi connectivity index (χ2v) is 4.84. The summed E-state index contributed by atoms with van der Waals surface area (Å²) in [4.78, 5) is 2.44. The van der Waals surface area contributed by atoms with Crippen molar-refractivity contribution in [3.8, 4) is 0 Å². The molecule has 1 saturated heterocycles. The maximum absolute atomic E-state index is 9.03. The Bertz CT molecular complexity index is 161. The van der Waals surface area contributed by atoms with Gasteiger partial charge in [-0.2, -0.15) is 0 Å². The van der Waals surface area contributed by atoms with Gasteiger partial charge in [0.1, 0.15) is 0 Å². The summed E-state index contributed by atoms with van der Waals surface area (Å²) in [5.74, 6) is 1.77. The minimum Gasteiger partial charge on any atom is -0.396 e. The van der Waals surface area contributed by atoms with Crippen molar-refractivity contribution in [3.05, 3.63) is 0 Å². The number of aliphatic hydroxyl groups excluding tert-OH is 1. The highest BCUT2D eigenvalue weighted by molar-refractivity contribution is 4.78. The Morgan fingerprint density at radius 1 is 1.50 bits per heavy atom. The zero-order chi connectivity index (χ0) is 10.6. The molecule has 1 aliphatic rings. The average Bonchev–Trinajstić information content (AvgIpc) is 2.61. The van der Waals surface area contributed by atoms with Crippen LogP contribution in [-0.2, 0) is 0 Å². The van der Waals surface area contributed by atoms with Crippen LogP contribution in [0.3, 0.4) is 0 Å². The zero-order valence-corrected chi connectivity index (χ0v) is 9.45. The predicted molar refractivity (Wildman–Crippen MR) is 59.0 cm³/mol. The van der Waals surface area contributed by atoms with Crippen molar-refractivity contribution in [2.45, 2.75) is 20.3 Å². The monoisotopic (exact) mass is 200 g/mol. The third-order valence-corrected chi connectivity index (χ3v) is 3.37. The standard InChI is InChI=1S/C11H24N2O/c1-9(2)11(5-12)7-13-4-3-10(6-13)8-14/h9-11,14H,3-8,12H2,1-2H3. The lowest BCUT2D eigenvalue weighted by molar-refractivity contribution is 0.202. The first kappa shape index (κ1) is 12.0. The summed E-state index contributed by atoms with van der Waals surface area (Å²) in [7, 11) is 0. The van der Waals surface area contributed by atoms with Crippen molar-refractivity contribution in [1.82, 2.24) is 4.90 Å². The van der Waals surface area contributed by atoms with Gasteiger partial charge in [0.25, 0.3) is 0 Å². The fourth-order valence-corrected chi connectivity index (χ4v) is 2.12. The molecule has 1 rings (SSSR count). The van der Waals surface area contributed by atoms with Crippen LogP contribution in [0.2, 0.25) is 0 Å². The second-order valence-electron chi connectivity index (χ2n) is 4.84. The molecule has 0 aromatic carbocycles. The quantitative estimate of drug-likeness (QED) is 0.680. The summed E-state index contributed by atoms with van der Waals surface area (Å²) in [5.41, 5.74) is 5.74. The summed E-state index contributed by atoms with van der Waals surface area (Å²) >= 11 is 0. The number of nitrogens with two attached hydrogens (primary N) is 1. The summed E-state index contributed by atoms with van der Waals surface area (Å²) < 4.78 is 0. The molecule has 2 atom stereocenters. The molecule has 14 heavy (non-hydrogen) atoms. The van der Waals surface area contributed by atoms with Gasteiger partial charge >= 0.3 is 0 Å². The summed E-state index contributed by atoms with van der Waals surface area (Å²) in [5, 5.41) is 9.03. The third kappa shape index (κ3) is 3.23. The van der Waals surface area contributed by atoms with Gasteiger partial charge in [-0.15, -0.1) is 0 Å². The van der Waals surface area contributed by atoms with E-state index in [1.165, 1.54) is 0 Å². The number of aliphatic hydroxyl groups is 1. The molecule has 0 saturated carbocycles.